The van der Waals surface area contributed by atoms with Crippen LogP contribution in [0, 0.1) is 11.3 Å². The average molecular weight is 284 g/mol. The molecule has 3 fully saturated rings. The van der Waals surface area contributed by atoms with E-state index in [2.05, 4.69) is 26.6 Å². The summed E-state index contributed by atoms with van der Waals surface area (Å²) in [5.41, 5.74) is -0.415. The summed E-state index contributed by atoms with van der Waals surface area (Å²) in [5.74, 6) is 0.364. The molecule has 0 radical (unpaired) electrons. The Balaban J connectivity index is 1.89. The maximum Gasteiger partial charge on any atom is 0.184 e. The molecule has 2 aliphatic carbocycles. The van der Waals surface area contributed by atoms with E-state index in [9.17, 15) is 5.11 Å². The third-order valence-corrected chi connectivity index (χ3v) is 6.58. The molecule has 0 spiro atoms. The van der Waals surface area contributed by atoms with Crippen molar-refractivity contribution in [3.05, 3.63) is 0 Å². The zero-order chi connectivity index (χ0) is 13.9. The van der Waals surface area contributed by atoms with E-state index < -0.39 is 13.9 Å². The molecule has 3 nitrogen and oxygen atoms in total. The SMILES string of the molecule is C[C@]12CCCC[C@@H]1[C@@]1(O)CO[C@@H]1C[C@@H]2O[Si](C)(C)C. The van der Waals surface area contributed by atoms with Gasteiger partial charge < -0.3 is 14.3 Å². The Kier molecular flexibility index (Phi) is 3.18. The number of aliphatic hydroxyl groups is 1. The predicted molar refractivity (Wildman–Crippen MR) is 77.6 cm³/mol. The molecule has 0 aromatic carbocycles. The van der Waals surface area contributed by atoms with Gasteiger partial charge in [-0.3, -0.25) is 0 Å². The first-order valence-electron chi connectivity index (χ1n) is 7.77. The number of ether oxygens (including phenoxy) is 1. The van der Waals surface area contributed by atoms with Gasteiger partial charge in [-0.2, -0.15) is 0 Å². The summed E-state index contributed by atoms with van der Waals surface area (Å²) in [6, 6.07) is 0. The van der Waals surface area contributed by atoms with Gasteiger partial charge >= 0.3 is 0 Å². The largest absolute Gasteiger partial charge is 0.414 e. The zero-order valence-electron chi connectivity index (χ0n) is 12.7. The molecule has 3 aliphatic rings. The van der Waals surface area contributed by atoms with E-state index >= 15 is 0 Å². The molecule has 1 N–H and O–H groups in total. The van der Waals surface area contributed by atoms with Crippen LogP contribution in [0.2, 0.25) is 19.6 Å². The first-order valence-corrected chi connectivity index (χ1v) is 11.2. The van der Waals surface area contributed by atoms with Crippen molar-refractivity contribution in [2.24, 2.45) is 11.3 Å². The fraction of sp³-hybridized carbons (Fsp3) is 1.00. The molecule has 2 saturated carbocycles. The topological polar surface area (TPSA) is 38.7 Å². The Labute approximate surface area is 117 Å². The van der Waals surface area contributed by atoms with E-state index in [0.29, 0.717) is 12.5 Å². The van der Waals surface area contributed by atoms with E-state index in [1.165, 1.54) is 19.3 Å². The second kappa shape index (κ2) is 4.29. The fourth-order valence-corrected chi connectivity index (χ4v) is 5.83. The number of hydrogen-bond acceptors (Lipinski definition) is 3. The highest BCUT2D eigenvalue weighted by atomic mass is 28.4. The van der Waals surface area contributed by atoms with E-state index in [4.69, 9.17) is 9.16 Å². The van der Waals surface area contributed by atoms with Gasteiger partial charge in [0, 0.05) is 12.3 Å². The van der Waals surface area contributed by atoms with Crippen LogP contribution >= 0.6 is 0 Å². The van der Waals surface area contributed by atoms with Gasteiger partial charge in [0.1, 0.15) is 5.60 Å². The molecule has 0 bridgehead atoms. The highest BCUT2D eigenvalue weighted by Gasteiger charge is 2.65. The minimum absolute atomic E-state index is 0.0185. The second-order valence-corrected chi connectivity index (χ2v) is 12.5. The average Bonchev–Trinajstić information content (AvgIpc) is 2.30. The predicted octanol–water partition coefficient (Wildman–Crippen LogP) is 2.94. The van der Waals surface area contributed by atoms with Crippen LogP contribution in [0.5, 0.6) is 0 Å². The minimum atomic E-state index is -1.56. The summed E-state index contributed by atoms with van der Waals surface area (Å²) in [4.78, 5) is 0. The van der Waals surface area contributed by atoms with Gasteiger partial charge in [0.25, 0.3) is 0 Å². The quantitative estimate of drug-likeness (QED) is 0.792. The molecule has 110 valence electrons. The molecular formula is C15H28O3Si. The number of fused-ring (bicyclic) bond motifs is 3. The van der Waals surface area contributed by atoms with Crippen LogP contribution in [0.15, 0.2) is 0 Å². The van der Waals surface area contributed by atoms with Crippen LogP contribution in [-0.2, 0) is 9.16 Å². The van der Waals surface area contributed by atoms with Crippen LogP contribution in [0.4, 0.5) is 0 Å². The van der Waals surface area contributed by atoms with Crippen LogP contribution in [0.3, 0.4) is 0 Å². The van der Waals surface area contributed by atoms with Crippen molar-refractivity contribution in [1.29, 1.82) is 0 Å². The normalized spacial score (nSPS) is 50.1. The van der Waals surface area contributed by atoms with Gasteiger partial charge in [-0.1, -0.05) is 19.8 Å². The van der Waals surface area contributed by atoms with Crippen molar-refractivity contribution in [1.82, 2.24) is 0 Å². The van der Waals surface area contributed by atoms with Gasteiger partial charge in [0.2, 0.25) is 0 Å². The summed E-state index contributed by atoms with van der Waals surface area (Å²) >= 11 is 0. The molecule has 1 saturated heterocycles. The van der Waals surface area contributed by atoms with Gasteiger partial charge in [-0.25, -0.2) is 0 Å². The highest BCUT2D eigenvalue weighted by molar-refractivity contribution is 6.69. The van der Waals surface area contributed by atoms with Crippen molar-refractivity contribution in [2.75, 3.05) is 6.61 Å². The van der Waals surface area contributed by atoms with E-state index in [-0.39, 0.29) is 17.6 Å². The monoisotopic (exact) mass is 284 g/mol. The van der Waals surface area contributed by atoms with Gasteiger partial charge in [0.05, 0.1) is 18.8 Å². The van der Waals surface area contributed by atoms with Crippen LogP contribution < -0.4 is 0 Å². The van der Waals surface area contributed by atoms with Gasteiger partial charge in [0.15, 0.2) is 8.32 Å². The lowest BCUT2D eigenvalue weighted by atomic mass is 9.51. The van der Waals surface area contributed by atoms with Crippen LogP contribution in [0.25, 0.3) is 0 Å². The number of hydrogen-bond donors (Lipinski definition) is 1. The van der Waals surface area contributed by atoms with Gasteiger partial charge in [-0.15, -0.1) is 0 Å². The maximum absolute atomic E-state index is 10.9. The summed E-state index contributed by atoms with van der Waals surface area (Å²) in [5, 5.41) is 10.9. The Morgan fingerprint density at radius 1 is 1.26 bits per heavy atom. The smallest absolute Gasteiger partial charge is 0.184 e. The van der Waals surface area contributed by atoms with E-state index in [1.807, 2.05) is 0 Å². The maximum atomic E-state index is 10.9. The van der Waals surface area contributed by atoms with Crippen molar-refractivity contribution < 1.29 is 14.3 Å². The first kappa shape index (κ1) is 14.1. The molecule has 5 atom stereocenters. The van der Waals surface area contributed by atoms with Crippen LogP contribution in [-0.4, -0.2) is 37.8 Å². The standard InChI is InChI=1S/C15H28O3Si/c1-14-8-6-5-7-11(14)15(16)10-17-13(15)9-12(14)18-19(2,3)4/h11-13,16H,5-10H2,1-4H3/t11-,12-,13+,14-,15-/m0/s1. The molecule has 3 rings (SSSR count). The lowest BCUT2D eigenvalue weighted by Crippen LogP contribution is -2.73. The fourth-order valence-electron chi connectivity index (χ4n) is 4.61. The Bertz CT molecular complexity index is 367. The van der Waals surface area contributed by atoms with Crippen molar-refractivity contribution >= 4 is 8.32 Å². The molecule has 4 heteroatoms. The second-order valence-electron chi connectivity index (χ2n) is 8.05. The first-order chi connectivity index (χ1) is 8.76. The molecule has 19 heavy (non-hydrogen) atoms. The lowest BCUT2D eigenvalue weighted by molar-refractivity contribution is -0.321. The summed E-state index contributed by atoms with van der Waals surface area (Å²) in [7, 11) is -1.56. The Hall–Kier alpha value is 0.0969. The van der Waals surface area contributed by atoms with E-state index in [1.54, 1.807) is 0 Å². The lowest BCUT2D eigenvalue weighted by Gasteiger charge is -2.64. The molecule has 0 unspecified atom stereocenters. The van der Waals surface area contributed by atoms with Crippen molar-refractivity contribution in [3.63, 3.8) is 0 Å². The summed E-state index contributed by atoms with van der Waals surface area (Å²) in [6.07, 6.45) is 6.03. The molecule has 0 aromatic rings. The molecule has 1 aliphatic heterocycles. The minimum Gasteiger partial charge on any atom is -0.414 e. The third kappa shape index (κ3) is 2.11. The van der Waals surface area contributed by atoms with Crippen LogP contribution in [0.1, 0.15) is 39.0 Å². The Morgan fingerprint density at radius 2 is 2.00 bits per heavy atom. The highest BCUT2D eigenvalue weighted by Crippen LogP contribution is 2.58. The summed E-state index contributed by atoms with van der Waals surface area (Å²) in [6.45, 7) is 9.68. The Morgan fingerprint density at radius 3 is 2.58 bits per heavy atom. The van der Waals surface area contributed by atoms with Crippen molar-refractivity contribution in [3.8, 4) is 0 Å². The number of rotatable bonds is 2. The third-order valence-electron chi connectivity index (χ3n) is 5.59. The summed E-state index contributed by atoms with van der Waals surface area (Å²) < 4.78 is 12.2. The molecule has 1 heterocycles. The van der Waals surface area contributed by atoms with Crippen molar-refractivity contribution in [2.45, 2.75) is 76.5 Å². The van der Waals surface area contributed by atoms with Gasteiger partial charge in [-0.05, 0) is 37.9 Å². The molecular weight excluding hydrogens is 256 g/mol. The molecule has 0 aromatic heterocycles. The zero-order valence-corrected chi connectivity index (χ0v) is 13.7. The van der Waals surface area contributed by atoms with E-state index in [0.717, 1.165) is 12.8 Å². The molecule has 0 amide bonds.